The first-order valence-electron chi connectivity index (χ1n) is 11.0. The molecule has 0 aliphatic heterocycles. The minimum atomic E-state index is -0.495. The second-order valence-corrected chi connectivity index (χ2v) is 7.68. The lowest BCUT2D eigenvalue weighted by atomic mass is 9.96. The van der Waals surface area contributed by atoms with Gasteiger partial charge in [0.15, 0.2) is 11.5 Å². The number of ether oxygens (including phenoxy) is 3. The molecule has 6 heteroatoms. The molecule has 3 rings (SSSR count). The van der Waals surface area contributed by atoms with Gasteiger partial charge in [-0.2, -0.15) is 0 Å². The molecule has 0 radical (unpaired) electrons. The summed E-state index contributed by atoms with van der Waals surface area (Å²) in [5, 5.41) is 6.37. The van der Waals surface area contributed by atoms with Crippen molar-refractivity contribution in [2.75, 3.05) is 28.4 Å². The maximum Gasteiger partial charge on any atom is 0.241 e. The Kier molecular flexibility index (Phi) is 8.72. The summed E-state index contributed by atoms with van der Waals surface area (Å²) in [7, 11) is 6.56. The van der Waals surface area contributed by atoms with E-state index in [1.807, 2.05) is 60.7 Å². The zero-order chi connectivity index (χ0) is 23.6. The van der Waals surface area contributed by atoms with Crippen LogP contribution in [-0.4, -0.2) is 34.3 Å². The fourth-order valence-electron chi connectivity index (χ4n) is 3.83. The number of likely N-dealkylation sites (N-methyl/N-ethyl adjacent to an activating group) is 1. The highest BCUT2D eigenvalue weighted by Gasteiger charge is 2.24. The molecule has 0 aliphatic carbocycles. The number of aryl methyl sites for hydroxylation is 1. The summed E-state index contributed by atoms with van der Waals surface area (Å²) in [6.07, 6.45) is 1.60. The standard InChI is InChI=1S/C27H32N2O4/c1-28-27(30)26(20-8-6-5-7-9-20)29-23(16-12-19-10-14-22(31-2)15-11-19)21-13-17-24(32-3)25(18-21)33-4/h5-11,13-15,17-18,23,26,29H,12,16H2,1-4H3,(H,28,30)/t23-,26+/m0/s1. The molecule has 1 amide bonds. The van der Waals surface area contributed by atoms with Crippen LogP contribution >= 0.6 is 0 Å². The van der Waals surface area contributed by atoms with Gasteiger partial charge >= 0.3 is 0 Å². The summed E-state index contributed by atoms with van der Waals surface area (Å²) in [5.41, 5.74) is 3.12. The molecular weight excluding hydrogens is 416 g/mol. The number of hydrogen-bond donors (Lipinski definition) is 2. The first-order valence-corrected chi connectivity index (χ1v) is 11.0. The van der Waals surface area contributed by atoms with Crippen molar-refractivity contribution in [3.05, 3.63) is 89.5 Å². The number of benzene rings is 3. The molecule has 3 aromatic carbocycles. The molecule has 2 N–H and O–H groups in total. The molecular formula is C27H32N2O4. The van der Waals surface area contributed by atoms with Crippen molar-refractivity contribution in [1.82, 2.24) is 10.6 Å². The number of hydrogen-bond acceptors (Lipinski definition) is 5. The van der Waals surface area contributed by atoms with Crippen LogP contribution in [0.1, 0.15) is 35.2 Å². The normalized spacial score (nSPS) is 12.5. The Bertz CT molecular complexity index is 1020. The number of nitrogens with one attached hydrogen (secondary N) is 2. The molecule has 0 fully saturated rings. The Morgan fingerprint density at radius 3 is 2.12 bits per heavy atom. The average Bonchev–Trinajstić information content (AvgIpc) is 2.88. The van der Waals surface area contributed by atoms with Gasteiger partial charge in [0.25, 0.3) is 0 Å². The lowest BCUT2D eigenvalue weighted by molar-refractivity contribution is -0.123. The number of rotatable bonds is 11. The summed E-state index contributed by atoms with van der Waals surface area (Å²) >= 11 is 0. The largest absolute Gasteiger partial charge is 0.497 e. The van der Waals surface area contributed by atoms with Crippen LogP contribution in [-0.2, 0) is 11.2 Å². The maximum absolute atomic E-state index is 12.8. The predicted octanol–water partition coefficient (Wildman–Crippen LogP) is 4.46. The smallest absolute Gasteiger partial charge is 0.241 e. The van der Waals surface area contributed by atoms with E-state index in [0.29, 0.717) is 11.5 Å². The third kappa shape index (κ3) is 6.26. The van der Waals surface area contributed by atoms with Crippen LogP contribution in [0.2, 0.25) is 0 Å². The summed E-state index contributed by atoms with van der Waals surface area (Å²) in [6, 6.07) is 23.1. The van der Waals surface area contributed by atoms with Crippen molar-refractivity contribution in [3.8, 4) is 17.2 Å². The zero-order valence-corrected chi connectivity index (χ0v) is 19.6. The fourth-order valence-corrected chi connectivity index (χ4v) is 3.83. The van der Waals surface area contributed by atoms with Gasteiger partial charge in [-0.25, -0.2) is 0 Å². The van der Waals surface area contributed by atoms with Gasteiger partial charge in [0, 0.05) is 13.1 Å². The topological polar surface area (TPSA) is 68.8 Å². The Hall–Kier alpha value is -3.51. The first kappa shape index (κ1) is 24.1. The highest BCUT2D eigenvalue weighted by Crippen LogP contribution is 2.33. The van der Waals surface area contributed by atoms with E-state index in [9.17, 15) is 4.79 Å². The lowest BCUT2D eigenvalue weighted by Crippen LogP contribution is -2.38. The van der Waals surface area contributed by atoms with Crippen molar-refractivity contribution in [3.63, 3.8) is 0 Å². The molecule has 0 bridgehead atoms. The van der Waals surface area contributed by atoms with Crippen LogP contribution in [0.3, 0.4) is 0 Å². The van der Waals surface area contributed by atoms with Crippen LogP contribution in [0.15, 0.2) is 72.8 Å². The van der Waals surface area contributed by atoms with Crippen molar-refractivity contribution in [1.29, 1.82) is 0 Å². The van der Waals surface area contributed by atoms with Gasteiger partial charge in [0.05, 0.1) is 21.3 Å². The third-order valence-corrected chi connectivity index (χ3v) is 5.70. The van der Waals surface area contributed by atoms with Crippen molar-refractivity contribution >= 4 is 5.91 Å². The maximum atomic E-state index is 12.8. The van der Waals surface area contributed by atoms with Gasteiger partial charge < -0.3 is 19.5 Å². The van der Waals surface area contributed by atoms with Crippen LogP contribution in [0.25, 0.3) is 0 Å². The van der Waals surface area contributed by atoms with Crippen LogP contribution < -0.4 is 24.8 Å². The van der Waals surface area contributed by atoms with E-state index in [0.717, 1.165) is 29.7 Å². The molecule has 3 aromatic rings. The molecule has 6 nitrogen and oxygen atoms in total. The second kappa shape index (κ2) is 11.9. The quantitative estimate of drug-likeness (QED) is 0.453. The van der Waals surface area contributed by atoms with E-state index >= 15 is 0 Å². The number of carbonyl (C=O) groups is 1. The highest BCUT2D eigenvalue weighted by atomic mass is 16.5. The van der Waals surface area contributed by atoms with E-state index in [-0.39, 0.29) is 11.9 Å². The number of methoxy groups -OCH3 is 3. The van der Waals surface area contributed by atoms with E-state index < -0.39 is 6.04 Å². The average molecular weight is 449 g/mol. The SMILES string of the molecule is CNC(=O)[C@H](N[C@@H](CCc1ccc(OC)cc1)c1ccc(OC)c(OC)c1)c1ccccc1. The third-order valence-electron chi connectivity index (χ3n) is 5.70. The summed E-state index contributed by atoms with van der Waals surface area (Å²) in [4.78, 5) is 12.8. The molecule has 0 saturated heterocycles. The fraction of sp³-hybridized carbons (Fsp3) is 0.296. The van der Waals surface area contributed by atoms with Crippen molar-refractivity contribution in [2.24, 2.45) is 0 Å². The van der Waals surface area contributed by atoms with E-state index in [1.165, 1.54) is 5.56 Å². The van der Waals surface area contributed by atoms with Crippen LogP contribution in [0, 0.1) is 0 Å². The van der Waals surface area contributed by atoms with Gasteiger partial charge in [-0.05, 0) is 53.8 Å². The molecule has 0 aromatic heterocycles. The molecule has 0 saturated carbocycles. The molecule has 2 atom stereocenters. The molecule has 0 aliphatic rings. The van der Waals surface area contributed by atoms with E-state index in [2.05, 4.69) is 22.8 Å². The Morgan fingerprint density at radius 1 is 0.818 bits per heavy atom. The predicted molar refractivity (Wildman–Crippen MR) is 130 cm³/mol. The Labute approximate surface area is 195 Å². The molecule has 33 heavy (non-hydrogen) atoms. The van der Waals surface area contributed by atoms with Gasteiger partial charge in [-0.1, -0.05) is 48.5 Å². The van der Waals surface area contributed by atoms with Gasteiger partial charge in [0.1, 0.15) is 11.8 Å². The summed E-state index contributed by atoms with van der Waals surface area (Å²) in [5.74, 6) is 2.07. The lowest BCUT2D eigenvalue weighted by Gasteiger charge is -2.26. The van der Waals surface area contributed by atoms with Gasteiger partial charge in [0.2, 0.25) is 5.91 Å². The molecule has 0 heterocycles. The van der Waals surface area contributed by atoms with E-state index in [1.54, 1.807) is 28.4 Å². The Morgan fingerprint density at radius 2 is 1.52 bits per heavy atom. The molecule has 0 spiro atoms. The minimum absolute atomic E-state index is 0.0869. The van der Waals surface area contributed by atoms with Gasteiger partial charge in [-0.15, -0.1) is 0 Å². The molecule has 0 unspecified atom stereocenters. The Balaban J connectivity index is 1.91. The van der Waals surface area contributed by atoms with E-state index in [4.69, 9.17) is 14.2 Å². The summed E-state index contributed by atoms with van der Waals surface area (Å²) in [6.45, 7) is 0. The molecule has 174 valence electrons. The van der Waals surface area contributed by atoms with Crippen LogP contribution in [0.5, 0.6) is 17.2 Å². The first-order chi connectivity index (χ1) is 16.1. The number of amides is 1. The highest BCUT2D eigenvalue weighted by molar-refractivity contribution is 5.83. The second-order valence-electron chi connectivity index (χ2n) is 7.68. The van der Waals surface area contributed by atoms with Crippen molar-refractivity contribution in [2.45, 2.75) is 24.9 Å². The minimum Gasteiger partial charge on any atom is -0.497 e. The monoisotopic (exact) mass is 448 g/mol. The van der Waals surface area contributed by atoms with Gasteiger partial charge in [-0.3, -0.25) is 10.1 Å². The van der Waals surface area contributed by atoms with Crippen LogP contribution in [0.4, 0.5) is 0 Å². The zero-order valence-electron chi connectivity index (χ0n) is 19.6. The number of carbonyl (C=O) groups excluding carboxylic acids is 1. The van der Waals surface area contributed by atoms with Crippen molar-refractivity contribution < 1.29 is 19.0 Å². The summed E-state index contributed by atoms with van der Waals surface area (Å²) < 4.78 is 16.2.